The molecule has 0 unspecified atom stereocenters. The summed E-state index contributed by atoms with van der Waals surface area (Å²) in [6.45, 7) is 0. The minimum Gasteiger partial charge on any atom is -0.372 e. The molecule has 2 aromatic rings. The molecule has 0 aliphatic carbocycles. The number of halogens is 2. The molecule has 0 atom stereocenters. The van der Waals surface area contributed by atoms with Crippen LogP contribution < -0.4 is 5.32 Å². The van der Waals surface area contributed by atoms with E-state index in [4.69, 9.17) is 11.6 Å². The van der Waals surface area contributed by atoms with Crippen LogP contribution in [0.25, 0.3) is 11.3 Å². The molecule has 0 bridgehead atoms. The summed E-state index contributed by atoms with van der Waals surface area (Å²) < 4.78 is 13.0. The molecule has 3 nitrogen and oxygen atoms in total. The molecule has 0 aliphatic rings. The smallest absolute Gasteiger partial charge is 0.148 e. The molecular formula is C11H9ClFN3. The first-order valence-corrected chi connectivity index (χ1v) is 5.05. The molecule has 0 saturated carbocycles. The van der Waals surface area contributed by atoms with E-state index in [1.807, 2.05) is 0 Å². The third-order valence-corrected chi connectivity index (χ3v) is 2.43. The second-order valence-corrected chi connectivity index (χ2v) is 3.59. The van der Waals surface area contributed by atoms with Gasteiger partial charge in [0, 0.05) is 12.6 Å². The van der Waals surface area contributed by atoms with Crippen molar-refractivity contribution in [1.82, 2.24) is 10.2 Å². The average Bonchev–Trinajstić information content (AvgIpc) is 2.33. The maximum absolute atomic E-state index is 13.0. The molecule has 0 saturated heterocycles. The maximum atomic E-state index is 13.0. The van der Waals surface area contributed by atoms with Crippen molar-refractivity contribution in [1.29, 1.82) is 0 Å². The fourth-order valence-corrected chi connectivity index (χ4v) is 1.46. The van der Waals surface area contributed by atoms with E-state index in [-0.39, 0.29) is 5.02 Å². The van der Waals surface area contributed by atoms with E-state index in [1.54, 1.807) is 25.2 Å². The Morgan fingerprint density at radius 3 is 2.56 bits per heavy atom. The van der Waals surface area contributed by atoms with Crippen LogP contribution in [0.15, 0.2) is 30.3 Å². The number of nitrogens with one attached hydrogen (secondary N) is 1. The quantitative estimate of drug-likeness (QED) is 0.873. The summed E-state index contributed by atoms with van der Waals surface area (Å²) in [5.41, 5.74) is 1.39. The van der Waals surface area contributed by atoms with Gasteiger partial charge in [-0.1, -0.05) is 11.6 Å². The summed E-state index contributed by atoms with van der Waals surface area (Å²) >= 11 is 5.69. The average molecular weight is 238 g/mol. The molecule has 0 aliphatic heterocycles. The third kappa shape index (κ3) is 2.12. The van der Waals surface area contributed by atoms with Crippen LogP contribution in [0.5, 0.6) is 0 Å². The predicted octanol–water partition coefficient (Wildman–Crippen LogP) is 2.98. The number of hydrogen-bond acceptors (Lipinski definition) is 3. The lowest BCUT2D eigenvalue weighted by atomic mass is 10.1. The number of aromatic nitrogens is 2. The van der Waals surface area contributed by atoms with E-state index in [2.05, 4.69) is 15.5 Å². The maximum Gasteiger partial charge on any atom is 0.148 e. The van der Waals surface area contributed by atoms with Crippen molar-refractivity contribution < 1.29 is 4.39 Å². The largest absolute Gasteiger partial charge is 0.372 e. The van der Waals surface area contributed by atoms with Gasteiger partial charge in [0.15, 0.2) is 0 Å². The number of nitrogens with zero attached hydrogens (tertiary/aromatic N) is 2. The molecule has 82 valence electrons. The van der Waals surface area contributed by atoms with Crippen LogP contribution in [0.1, 0.15) is 0 Å². The first-order chi connectivity index (χ1) is 7.70. The lowest BCUT2D eigenvalue weighted by Crippen LogP contribution is -1.95. The number of benzene rings is 1. The lowest BCUT2D eigenvalue weighted by Gasteiger charge is -2.02. The van der Waals surface area contributed by atoms with Gasteiger partial charge in [0.2, 0.25) is 0 Å². The minimum atomic E-state index is -0.440. The molecule has 5 heteroatoms. The van der Waals surface area contributed by atoms with Gasteiger partial charge in [-0.05, 0) is 30.3 Å². The normalized spacial score (nSPS) is 10.2. The summed E-state index contributed by atoms with van der Waals surface area (Å²) in [6.07, 6.45) is 0. The van der Waals surface area contributed by atoms with Gasteiger partial charge in [-0.3, -0.25) is 0 Å². The van der Waals surface area contributed by atoms with Crippen LogP contribution >= 0.6 is 11.6 Å². The molecule has 2 rings (SSSR count). The second kappa shape index (κ2) is 4.45. The topological polar surface area (TPSA) is 37.8 Å². The summed E-state index contributed by atoms with van der Waals surface area (Å²) in [7, 11) is 1.76. The van der Waals surface area contributed by atoms with Crippen molar-refractivity contribution >= 4 is 17.4 Å². The number of hydrogen-bond donors (Lipinski definition) is 1. The SMILES string of the molecule is CNc1ccc(-c2ccc(F)c(Cl)c2)nn1. The molecule has 1 N–H and O–H groups in total. The highest BCUT2D eigenvalue weighted by Gasteiger charge is 2.04. The van der Waals surface area contributed by atoms with E-state index in [0.717, 1.165) is 5.56 Å². The Bertz CT molecular complexity index is 499. The molecule has 0 radical (unpaired) electrons. The van der Waals surface area contributed by atoms with Gasteiger partial charge < -0.3 is 5.32 Å². The Kier molecular flexibility index (Phi) is 3.01. The van der Waals surface area contributed by atoms with Gasteiger partial charge >= 0.3 is 0 Å². The Morgan fingerprint density at radius 2 is 2.00 bits per heavy atom. The van der Waals surface area contributed by atoms with Gasteiger partial charge in [-0.2, -0.15) is 0 Å². The molecular weight excluding hydrogens is 229 g/mol. The molecule has 0 amide bonds. The first kappa shape index (κ1) is 10.8. The van der Waals surface area contributed by atoms with Crippen LogP contribution in [0.2, 0.25) is 5.02 Å². The van der Waals surface area contributed by atoms with E-state index in [9.17, 15) is 4.39 Å². The van der Waals surface area contributed by atoms with Crippen LogP contribution in [0.4, 0.5) is 10.2 Å². The number of anilines is 1. The molecule has 0 fully saturated rings. The summed E-state index contributed by atoms with van der Waals surface area (Å²) in [6, 6.07) is 8.04. The highest BCUT2D eigenvalue weighted by atomic mass is 35.5. The predicted molar refractivity (Wildman–Crippen MR) is 62.0 cm³/mol. The zero-order chi connectivity index (χ0) is 11.5. The van der Waals surface area contributed by atoms with E-state index in [1.165, 1.54) is 12.1 Å². The number of rotatable bonds is 2. The molecule has 1 aromatic heterocycles. The Morgan fingerprint density at radius 1 is 1.19 bits per heavy atom. The summed E-state index contributed by atoms with van der Waals surface area (Å²) in [5, 5.41) is 10.9. The van der Waals surface area contributed by atoms with Gasteiger partial charge in [0.05, 0.1) is 10.7 Å². The van der Waals surface area contributed by atoms with Crippen molar-refractivity contribution in [3.05, 3.63) is 41.2 Å². The molecule has 0 spiro atoms. The highest BCUT2D eigenvalue weighted by molar-refractivity contribution is 6.31. The van der Waals surface area contributed by atoms with Crippen molar-refractivity contribution in [3.63, 3.8) is 0 Å². The summed E-state index contributed by atoms with van der Waals surface area (Å²) in [5.74, 6) is 0.238. The van der Waals surface area contributed by atoms with Crippen molar-refractivity contribution in [3.8, 4) is 11.3 Å². The van der Waals surface area contributed by atoms with Gasteiger partial charge in [0.25, 0.3) is 0 Å². The Hall–Kier alpha value is -1.68. The molecule has 1 aromatic carbocycles. The Balaban J connectivity index is 2.38. The van der Waals surface area contributed by atoms with Crippen molar-refractivity contribution in [2.75, 3.05) is 12.4 Å². The standard InChI is InChI=1S/C11H9ClFN3/c1-14-11-5-4-10(15-16-11)7-2-3-9(13)8(12)6-7/h2-6H,1H3,(H,14,16). The molecule has 1 heterocycles. The summed E-state index contributed by atoms with van der Waals surface area (Å²) in [4.78, 5) is 0. The van der Waals surface area contributed by atoms with Crippen molar-refractivity contribution in [2.45, 2.75) is 0 Å². The minimum absolute atomic E-state index is 0.0805. The second-order valence-electron chi connectivity index (χ2n) is 3.18. The van der Waals surface area contributed by atoms with Crippen LogP contribution in [-0.2, 0) is 0 Å². The fraction of sp³-hybridized carbons (Fsp3) is 0.0909. The van der Waals surface area contributed by atoms with E-state index in [0.29, 0.717) is 11.5 Å². The van der Waals surface area contributed by atoms with E-state index < -0.39 is 5.82 Å². The molecule has 16 heavy (non-hydrogen) atoms. The first-order valence-electron chi connectivity index (χ1n) is 4.67. The van der Waals surface area contributed by atoms with E-state index >= 15 is 0 Å². The third-order valence-electron chi connectivity index (χ3n) is 2.14. The Labute approximate surface area is 97.3 Å². The highest BCUT2D eigenvalue weighted by Crippen LogP contribution is 2.23. The van der Waals surface area contributed by atoms with Crippen LogP contribution in [-0.4, -0.2) is 17.2 Å². The zero-order valence-corrected chi connectivity index (χ0v) is 9.29. The van der Waals surface area contributed by atoms with Gasteiger partial charge in [0.1, 0.15) is 11.6 Å². The van der Waals surface area contributed by atoms with Crippen molar-refractivity contribution in [2.24, 2.45) is 0 Å². The zero-order valence-electron chi connectivity index (χ0n) is 8.54. The van der Waals surface area contributed by atoms with Gasteiger partial charge in [-0.25, -0.2) is 4.39 Å². The fourth-order valence-electron chi connectivity index (χ4n) is 1.28. The van der Waals surface area contributed by atoms with Gasteiger partial charge in [-0.15, -0.1) is 10.2 Å². The monoisotopic (exact) mass is 237 g/mol. The lowest BCUT2D eigenvalue weighted by molar-refractivity contribution is 0.628. The van der Waals surface area contributed by atoms with Crippen LogP contribution in [0, 0.1) is 5.82 Å². The van der Waals surface area contributed by atoms with Crippen LogP contribution in [0.3, 0.4) is 0 Å².